The number of Topliss-reactive ketones (excluding diaryl/α,β-unsaturated/α-hetero) is 1. The van der Waals surface area contributed by atoms with E-state index in [2.05, 4.69) is 0 Å². The maximum Gasteiger partial charge on any atom is 0.346 e. The minimum Gasteiger partial charge on any atom is -0.477 e. The van der Waals surface area contributed by atoms with Crippen LogP contribution in [-0.4, -0.2) is 24.0 Å². The zero-order valence-corrected chi connectivity index (χ0v) is 12.5. The number of carbonyl (C=O) groups is 2. The van der Waals surface area contributed by atoms with Crippen LogP contribution in [0.2, 0.25) is 0 Å². The number of thiophene rings is 1. The van der Waals surface area contributed by atoms with E-state index in [1.165, 1.54) is 18.3 Å². The fourth-order valence-corrected chi connectivity index (χ4v) is 3.74. The third kappa shape index (κ3) is 2.34. The molecule has 1 aromatic heterocycles. The van der Waals surface area contributed by atoms with Crippen molar-refractivity contribution < 1.29 is 19.4 Å². The molecule has 0 atom stereocenters. The molecular formula is C15H16O4S. The third-order valence-corrected chi connectivity index (χ3v) is 4.50. The zero-order valence-electron chi connectivity index (χ0n) is 11.6. The van der Waals surface area contributed by atoms with Crippen molar-refractivity contribution in [1.82, 2.24) is 0 Å². The van der Waals surface area contributed by atoms with E-state index in [-0.39, 0.29) is 5.78 Å². The van der Waals surface area contributed by atoms with Gasteiger partial charge in [-0.3, -0.25) is 4.79 Å². The maximum absolute atomic E-state index is 11.7. The summed E-state index contributed by atoms with van der Waals surface area (Å²) in [5, 5.41) is 10.2. The molecule has 0 aliphatic carbocycles. The molecule has 0 bridgehead atoms. The number of hydrogen-bond donors (Lipinski definition) is 1. The molecule has 0 unspecified atom stereocenters. The number of benzene rings is 1. The molecule has 0 saturated heterocycles. The lowest BCUT2D eigenvalue weighted by molar-refractivity contribution is 0.0701. The molecule has 106 valence electrons. The molecule has 0 amide bonds. The highest BCUT2D eigenvalue weighted by atomic mass is 32.1. The van der Waals surface area contributed by atoms with E-state index in [9.17, 15) is 14.7 Å². The van der Waals surface area contributed by atoms with Gasteiger partial charge in [-0.05, 0) is 30.5 Å². The lowest BCUT2D eigenvalue weighted by Crippen LogP contribution is -1.99. The van der Waals surface area contributed by atoms with Crippen LogP contribution in [0, 0.1) is 0 Å². The van der Waals surface area contributed by atoms with Crippen LogP contribution in [0.25, 0.3) is 10.1 Å². The summed E-state index contributed by atoms with van der Waals surface area (Å²) >= 11 is 1.18. The number of aromatic carboxylic acids is 1. The molecule has 0 saturated carbocycles. The molecule has 1 aromatic carbocycles. The third-order valence-electron chi connectivity index (χ3n) is 3.25. The SMILES string of the molecule is CCc1c(C(=O)O)sc2c(C(C)=O)ccc(COC)c12. The Morgan fingerprint density at radius 1 is 1.35 bits per heavy atom. The number of aryl methyl sites for hydroxylation is 1. The Morgan fingerprint density at radius 2 is 2.05 bits per heavy atom. The topological polar surface area (TPSA) is 63.6 Å². The minimum atomic E-state index is -0.944. The predicted octanol–water partition coefficient (Wildman–Crippen LogP) is 3.51. The van der Waals surface area contributed by atoms with Crippen molar-refractivity contribution >= 4 is 33.2 Å². The Hall–Kier alpha value is -1.72. The molecule has 20 heavy (non-hydrogen) atoms. The van der Waals surface area contributed by atoms with Crippen molar-refractivity contribution in [1.29, 1.82) is 0 Å². The Bertz CT molecular complexity index is 685. The van der Waals surface area contributed by atoms with Crippen LogP contribution >= 0.6 is 11.3 Å². The molecule has 4 nitrogen and oxygen atoms in total. The van der Waals surface area contributed by atoms with E-state index in [1.54, 1.807) is 13.2 Å². The molecule has 0 aliphatic heterocycles. The molecule has 0 aliphatic rings. The van der Waals surface area contributed by atoms with Crippen molar-refractivity contribution in [2.24, 2.45) is 0 Å². The molecule has 2 rings (SSSR count). The second-order valence-corrected chi connectivity index (χ2v) is 5.55. The molecular weight excluding hydrogens is 276 g/mol. The summed E-state index contributed by atoms with van der Waals surface area (Å²) in [6.45, 7) is 3.82. The van der Waals surface area contributed by atoms with Crippen molar-refractivity contribution in [3.63, 3.8) is 0 Å². The van der Waals surface area contributed by atoms with Crippen LogP contribution in [0.3, 0.4) is 0 Å². The first-order chi connectivity index (χ1) is 9.51. The second-order valence-electron chi connectivity index (χ2n) is 4.53. The number of hydrogen-bond acceptors (Lipinski definition) is 4. The second kappa shape index (κ2) is 5.73. The van der Waals surface area contributed by atoms with Gasteiger partial charge in [-0.15, -0.1) is 11.3 Å². The van der Waals surface area contributed by atoms with Gasteiger partial charge in [0.1, 0.15) is 4.88 Å². The van der Waals surface area contributed by atoms with E-state index < -0.39 is 5.97 Å². The van der Waals surface area contributed by atoms with Gasteiger partial charge < -0.3 is 9.84 Å². The number of carboxylic acids is 1. The summed E-state index contributed by atoms with van der Waals surface area (Å²) in [5.74, 6) is -0.999. The van der Waals surface area contributed by atoms with Crippen LogP contribution in [0.4, 0.5) is 0 Å². The highest BCUT2D eigenvalue weighted by molar-refractivity contribution is 7.21. The van der Waals surface area contributed by atoms with E-state index in [1.807, 2.05) is 13.0 Å². The number of ketones is 1. The number of carboxylic acid groups (broad SMARTS) is 1. The van der Waals surface area contributed by atoms with E-state index in [0.29, 0.717) is 23.5 Å². The van der Waals surface area contributed by atoms with Gasteiger partial charge in [0.05, 0.1) is 6.61 Å². The summed E-state index contributed by atoms with van der Waals surface area (Å²) in [6.07, 6.45) is 0.611. The van der Waals surface area contributed by atoms with Crippen molar-refractivity contribution in [3.8, 4) is 0 Å². The van der Waals surface area contributed by atoms with Crippen LogP contribution in [0.5, 0.6) is 0 Å². The average molecular weight is 292 g/mol. The number of ether oxygens (including phenoxy) is 1. The molecule has 0 fully saturated rings. The molecule has 5 heteroatoms. The van der Waals surface area contributed by atoms with Gasteiger partial charge >= 0.3 is 5.97 Å². The van der Waals surface area contributed by atoms with Gasteiger partial charge in [0, 0.05) is 22.8 Å². The molecule has 1 heterocycles. The molecule has 2 aromatic rings. The maximum atomic E-state index is 11.7. The molecule has 1 N–H and O–H groups in total. The normalized spacial score (nSPS) is 10.9. The first kappa shape index (κ1) is 14.7. The van der Waals surface area contributed by atoms with Gasteiger partial charge in [0.25, 0.3) is 0 Å². The van der Waals surface area contributed by atoms with Crippen molar-refractivity contribution in [3.05, 3.63) is 33.7 Å². The van der Waals surface area contributed by atoms with E-state index >= 15 is 0 Å². The average Bonchev–Trinajstić information content (AvgIpc) is 2.78. The van der Waals surface area contributed by atoms with E-state index in [4.69, 9.17) is 4.74 Å². The Labute approximate surface area is 121 Å². The van der Waals surface area contributed by atoms with Gasteiger partial charge in [-0.25, -0.2) is 4.79 Å². The van der Waals surface area contributed by atoms with Crippen LogP contribution < -0.4 is 0 Å². The molecule has 0 spiro atoms. The monoisotopic (exact) mass is 292 g/mol. The molecule has 0 radical (unpaired) electrons. The lowest BCUT2D eigenvalue weighted by atomic mass is 9.99. The van der Waals surface area contributed by atoms with Crippen LogP contribution in [-0.2, 0) is 17.8 Å². The first-order valence-electron chi connectivity index (χ1n) is 6.31. The minimum absolute atomic E-state index is 0.0557. The summed E-state index contributed by atoms with van der Waals surface area (Å²) in [6, 6.07) is 3.60. The smallest absolute Gasteiger partial charge is 0.346 e. The van der Waals surface area contributed by atoms with Gasteiger partial charge in [-0.2, -0.15) is 0 Å². The summed E-state index contributed by atoms with van der Waals surface area (Å²) in [4.78, 5) is 23.4. The van der Waals surface area contributed by atoms with Crippen LogP contribution in [0.15, 0.2) is 12.1 Å². The quantitative estimate of drug-likeness (QED) is 0.856. The van der Waals surface area contributed by atoms with Crippen LogP contribution in [0.1, 0.15) is 45.0 Å². The van der Waals surface area contributed by atoms with Gasteiger partial charge in [0.15, 0.2) is 5.78 Å². The standard InChI is InChI=1S/C15H16O4S/c1-4-10-12-9(7-19-3)5-6-11(8(2)16)13(12)20-14(10)15(17)18/h5-6H,4,7H2,1-3H3,(H,17,18). The van der Waals surface area contributed by atoms with Crippen molar-refractivity contribution in [2.45, 2.75) is 26.9 Å². The Kier molecular flexibility index (Phi) is 4.20. The first-order valence-corrected chi connectivity index (χ1v) is 7.13. The lowest BCUT2D eigenvalue weighted by Gasteiger charge is -2.07. The highest BCUT2D eigenvalue weighted by Crippen LogP contribution is 2.37. The van der Waals surface area contributed by atoms with Crippen molar-refractivity contribution in [2.75, 3.05) is 7.11 Å². The zero-order chi connectivity index (χ0) is 14.9. The summed E-state index contributed by atoms with van der Waals surface area (Å²) in [7, 11) is 1.60. The number of fused-ring (bicyclic) bond motifs is 1. The van der Waals surface area contributed by atoms with E-state index in [0.717, 1.165) is 21.2 Å². The Balaban J connectivity index is 2.88. The number of methoxy groups -OCH3 is 1. The Morgan fingerprint density at radius 3 is 2.55 bits per heavy atom. The number of carbonyl (C=O) groups excluding carboxylic acids is 1. The summed E-state index contributed by atoms with van der Waals surface area (Å²) < 4.78 is 5.93. The fourth-order valence-electron chi connectivity index (χ4n) is 2.40. The van der Waals surface area contributed by atoms with Gasteiger partial charge in [-0.1, -0.05) is 13.0 Å². The highest BCUT2D eigenvalue weighted by Gasteiger charge is 2.21. The number of rotatable bonds is 5. The summed E-state index contributed by atoms with van der Waals surface area (Å²) in [5.41, 5.74) is 2.29. The van der Waals surface area contributed by atoms with Gasteiger partial charge in [0.2, 0.25) is 0 Å². The fraction of sp³-hybridized carbons (Fsp3) is 0.333. The largest absolute Gasteiger partial charge is 0.477 e. The predicted molar refractivity (Wildman–Crippen MR) is 78.9 cm³/mol.